The van der Waals surface area contributed by atoms with Crippen molar-refractivity contribution in [1.29, 1.82) is 0 Å². The standard InChI is InChI=1S/C15H21BrN2O2/c1-10(19)14-4-3-13(9-15(14)16)18-7-5-12(6-8-18)17-11(2)20/h3-4,9-10,12,19H,5-8H2,1-2H3,(H,17,20)/t10-/m0/s1. The highest BCUT2D eigenvalue weighted by atomic mass is 79.9. The Hall–Kier alpha value is -1.07. The van der Waals surface area contributed by atoms with Gasteiger partial charge < -0.3 is 15.3 Å². The minimum absolute atomic E-state index is 0.0486. The van der Waals surface area contributed by atoms with Gasteiger partial charge in [0.1, 0.15) is 0 Å². The van der Waals surface area contributed by atoms with Crippen LogP contribution in [0.1, 0.15) is 38.4 Å². The second kappa shape index (κ2) is 6.59. The van der Waals surface area contributed by atoms with Crippen molar-refractivity contribution in [3.8, 4) is 0 Å². The van der Waals surface area contributed by atoms with Crippen LogP contribution in [0.15, 0.2) is 22.7 Å². The number of carbonyl (C=O) groups is 1. The molecule has 4 nitrogen and oxygen atoms in total. The van der Waals surface area contributed by atoms with Crippen LogP contribution in [0.2, 0.25) is 0 Å². The van der Waals surface area contributed by atoms with E-state index in [1.54, 1.807) is 13.8 Å². The maximum atomic E-state index is 11.1. The quantitative estimate of drug-likeness (QED) is 0.889. The van der Waals surface area contributed by atoms with Gasteiger partial charge in [-0.1, -0.05) is 22.0 Å². The third kappa shape index (κ3) is 3.73. The fraction of sp³-hybridized carbons (Fsp3) is 0.533. The van der Waals surface area contributed by atoms with Gasteiger partial charge in [-0.05, 0) is 37.5 Å². The van der Waals surface area contributed by atoms with E-state index in [4.69, 9.17) is 0 Å². The van der Waals surface area contributed by atoms with Gasteiger partial charge >= 0.3 is 0 Å². The summed E-state index contributed by atoms with van der Waals surface area (Å²) in [4.78, 5) is 13.4. The molecule has 0 aliphatic carbocycles. The number of piperidine rings is 1. The summed E-state index contributed by atoms with van der Waals surface area (Å²) < 4.78 is 0.939. The predicted octanol–water partition coefficient (Wildman–Crippen LogP) is 2.61. The molecule has 1 aromatic rings. The topological polar surface area (TPSA) is 52.6 Å². The summed E-state index contributed by atoms with van der Waals surface area (Å²) in [5.74, 6) is 0.0486. The SMILES string of the molecule is CC(=O)NC1CCN(c2ccc([C@H](C)O)c(Br)c2)CC1. The Morgan fingerprint density at radius 2 is 2.10 bits per heavy atom. The molecule has 0 spiro atoms. The highest BCUT2D eigenvalue weighted by Gasteiger charge is 2.20. The molecule has 1 aromatic carbocycles. The van der Waals surface area contributed by atoms with Crippen molar-refractivity contribution in [3.05, 3.63) is 28.2 Å². The Morgan fingerprint density at radius 1 is 1.45 bits per heavy atom. The van der Waals surface area contributed by atoms with Crippen LogP contribution in [0.5, 0.6) is 0 Å². The van der Waals surface area contributed by atoms with E-state index in [9.17, 15) is 9.90 Å². The summed E-state index contributed by atoms with van der Waals surface area (Å²) in [7, 11) is 0. The van der Waals surface area contributed by atoms with E-state index in [1.807, 2.05) is 12.1 Å². The molecule has 1 atom stereocenters. The number of amides is 1. The van der Waals surface area contributed by atoms with Crippen molar-refractivity contribution < 1.29 is 9.90 Å². The Bertz CT molecular complexity index is 483. The van der Waals surface area contributed by atoms with Gasteiger partial charge in [0.2, 0.25) is 5.91 Å². The van der Waals surface area contributed by atoms with E-state index in [2.05, 4.69) is 32.2 Å². The first-order valence-electron chi connectivity index (χ1n) is 6.97. The molecule has 1 aliphatic heterocycles. The number of anilines is 1. The highest BCUT2D eigenvalue weighted by molar-refractivity contribution is 9.10. The number of aliphatic hydroxyl groups excluding tert-OH is 1. The molecule has 5 heteroatoms. The van der Waals surface area contributed by atoms with Gasteiger partial charge in [-0.3, -0.25) is 4.79 Å². The van der Waals surface area contributed by atoms with Gasteiger partial charge in [0, 0.05) is 36.2 Å². The number of aliphatic hydroxyl groups is 1. The van der Waals surface area contributed by atoms with E-state index in [0.29, 0.717) is 6.04 Å². The maximum absolute atomic E-state index is 11.1. The van der Waals surface area contributed by atoms with Crippen LogP contribution in [0, 0.1) is 0 Å². The number of halogens is 1. The molecular formula is C15H21BrN2O2. The summed E-state index contributed by atoms with van der Waals surface area (Å²) in [5.41, 5.74) is 2.06. The first-order valence-corrected chi connectivity index (χ1v) is 7.76. The van der Waals surface area contributed by atoms with Crippen LogP contribution in [0.25, 0.3) is 0 Å². The smallest absolute Gasteiger partial charge is 0.217 e. The van der Waals surface area contributed by atoms with Crippen molar-refractivity contribution in [3.63, 3.8) is 0 Å². The van der Waals surface area contributed by atoms with E-state index in [-0.39, 0.29) is 5.91 Å². The largest absolute Gasteiger partial charge is 0.389 e. The molecule has 0 saturated carbocycles. The van der Waals surface area contributed by atoms with E-state index < -0.39 is 6.10 Å². The lowest BCUT2D eigenvalue weighted by molar-refractivity contribution is -0.119. The lowest BCUT2D eigenvalue weighted by atomic mass is 10.0. The zero-order valence-electron chi connectivity index (χ0n) is 11.9. The van der Waals surface area contributed by atoms with Crippen LogP contribution in [0.4, 0.5) is 5.69 Å². The Morgan fingerprint density at radius 3 is 2.60 bits per heavy atom. The zero-order valence-corrected chi connectivity index (χ0v) is 13.5. The van der Waals surface area contributed by atoms with Crippen LogP contribution in [0.3, 0.4) is 0 Å². The number of nitrogens with one attached hydrogen (secondary N) is 1. The fourth-order valence-electron chi connectivity index (χ4n) is 2.62. The third-order valence-corrected chi connectivity index (χ3v) is 4.39. The van der Waals surface area contributed by atoms with Crippen LogP contribution in [-0.2, 0) is 4.79 Å². The number of hydrogen-bond acceptors (Lipinski definition) is 3. The molecule has 1 saturated heterocycles. The minimum Gasteiger partial charge on any atom is -0.389 e. The van der Waals surface area contributed by atoms with Crippen LogP contribution in [-0.4, -0.2) is 30.1 Å². The molecule has 1 heterocycles. The van der Waals surface area contributed by atoms with Gasteiger partial charge in [0.25, 0.3) is 0 Å². The summed E-state index contributed by atoms with van der Waals surface area (Å²) in [5, 5.41) is 12.6. The Labute approximate surface area is 128 Å². The van der Waals surface area contributed by atoms with E-state index in [0.717, 1.165) is 41.7 Å². The average molecular weight is 341 g/mol. The average Bonchev–Trinajstić information content (AvgIpc) is 2.38. The number of rotatable bonds is 3. The molecule has 20 heavy (non-hydrogen) atoms. The lowest BCUT2D eigenvalue weighted by Gasteiger charge is -2.34. The van der Waals surface area contributed by atoms with Crippen LogP contribution >= 0.6 is 15.9 Å². The summed E-state index contributed by atoms with van der Waals surface area (Å²) in [6.45, 7) is 5.20. The van der Waals surface area contributed by atoms with E-state index in [1.165, 1.54) is 0 Å². The predicted molar refractivity (Wildman–Crippen MR) is 83.8 cm³/mol. The summed E-state index contributed by atoms with van der Waals surface area (Å²) >= 11 is 3.52. The van der Waals surface area contributed by atoms with Crippen LogP contribution < -0.4 is 10.2 Å². The Balaban J connectivity index is 2.00. The number of benzene rings is 1. The molecule has 1 aliphatic rings. The van der Waals surface area contributed by atoms with E-state index >= 15 is 0 Å². The lowest BCUT2D eigenvalue weighted by Crippen LogP contribution is -2.44. The molecular weight excluding hydrogens is 320 g/mol. The molecule has 1 amide bonds. The van der Waals surface area contributed by atoms with Crippen molar-refractivity contribution in [2.75, 3.05) is 18.0 Å². The Kier molecular flexibility index (Phi) is 5.05. The molecule has 0 radical (unpaired) electrons. The van der Waals surface area contributed by atoms with Gasteiger partial charge in [0.15, 0.2) is 0 Å². The monoisotopic (exact) mass is 340 g/mol. The first kappa shape index (κ1) is 15.3. The maximum Gasteiger partial charge on any atom is 0.217 e. The van der Waals surface area contributed by atoms with Crippen molar-refractivity contribution in [2.24, 2.45) is 0 Å². The number of nitrogens with zero attached hydrogens (tertiary/aromatic N) is 1. The third-order valence-electron chi connectivity index (χ3n) is 3.70. The molecule has 0 unspecified atom stereocenters. The molecule has 0 bridgehead atoms. The second-order valence-electron chi connectivity index (χ2n) is 5.34. The summed E-state index contributed by atoms with van der Waals surface area (Å²) in [6.07, 6.45) is 1.47. The van der Waals surface area contributed by atoms with Gasteiger partial charge in [-0.15, -0.1) is 0 Å². The minimum atomic E-state index is -0.469. The zero-order chi connectivity index (χ0) is 14.7. The molecule has 1 fully saturated rings. The second-order valence-corrected chi connectivity index (χ2v) is 6.20. The summed E-state index contributed by atoms with van der Waals surface area (Å²) in [6, 6.07) is 6.36. The van der Waals surface area contributed by atoms with Crippen molar-refractivity contribution in [2.45, 2.75) is 38.8 Å². The van der Waals surface area contributed by atoms with Gasteiger partial charge in [-0.2, -0.15) is 0 Å². The number of carbonyl (C=O) groups excluding carboxylic acids is 1. The molecule has 2 rings (SSSR count). The normalized spacial score (nSPS) is 17.9. The fourth-order valence-corrected chi connectivity index (χ4v) is 3.32. The van der Waals surface area contributed by atoms with Gasteiger partial charge in [-0.25, -0.2) is 0 Å². The number of hydrogen-bond donors (Lipinski definition) is 2. The molecule has 110 valence electrons. The molecule has 2 N–H and O–H groups in total. The van der Waals surface area contributed by atoms with Crippen molar-refractivity contribution >= 4 is 27.5 Å². The van der Waals surface area contributed by atoms with Gasteiger partial charge in [0.05, 0.1) is 6.10 Å². The highest BCUT2D eigenvalue weighted by Crippen LogP contribution is 2.29. The first-order chi connectivity index (χ1) is 9.47. The van der Waals surface area contributed by atoms with Crippen molar-refractivity contribution in [1.82, 2.24) is 5.32 Å². The molecule has 0 aromatic heterocycles.